The van der Waals surface area contributed by atoms with Crippen LogP contribution in [-0.2, 0) is 6.54 Å². The molecule has 0 aliphatic heterocycles. The molecule has 0 saturated heterocycles. The third kappa shape index (κ3) is 7.00. The molecule has 2 N–H and O–H groups in total. The lowest BCUT2D eigenvalue weighted by Gasteiger charge is -2.33. The third-order valence-electron chi connectivity index (χ3n) is 3.60. The maximum absolute atomic E-state index is 4.50. The van der Waals surface area contributed by atoms with Crippen LogP contribution in [0, 0.1) is 5.41 Å². The first kappa shape index (κ1) is 20.6. The van der Waals surface area contributed by atoms with E-state index in [0.29, 0.717) is 6.54 Å². The standard InChI is InChI=1S/C20H33N3S/c1-9-24-18-11-10-12-21-17(18)14-22-16(3)20(7,8)23-15(2)13-19(4,5)6/h10-12,22-23H,2-3,9,13-14H2,1,4-8H3. The van der Waals surface area contributed by atoms with Crippen LogP contribution in [0.15, 0.2) is 47.8 Å². The molecule has 134 valence electrons. The quantitative estimate of drug-likeness (QED) is 0.608. The van der Waals surface area contributed by atoms with Crippen molar-refractivity contribution in [2.45, 2.75) is 64.9 Å². The van der Waals surface area contributed by atoms with Gasteiger partial charge in [-0.25, -0.2) is 0 Å². The van der Waals surface area contributed by atoms with Gasteiger partial charge in [-0.2, -0.15) is 0 Å². The first-order chi connectivity index (χ1) is 11.0. The van der Waals surface area contributed by atoms with E-state index in [9.17, 15) is 0 Å². The third-order valence-corrected chi connectivity index (χ3v) is 4.58. The van der Waals surface area contributed by atoms with Crippen LogP contribution in [0.5, 0.6) is 0 Å². The first-order valence-corrected chi connectivity index (χ1v) is 9.49. The molecular weight excluding hydrogens is 314 g/mol. The lowest BCUT2D eigenvalue weighted by Crippen LogP contribution is -2.44. The van der Waals surface area contributed by atoms with E-state index in [1.54, 1.807) is 0 Å². The molecule has 1 aromatic rings. The van der Waals surface area contributed by atoms with Crippen LogP contribution in [0.1, 0.15) is 53.7 Å². The maximum Gasteiger partial charge on any atom is 0.0730 e. The van der Waals surface area contributed by atoms with Crippen LogP contribution in [0.4, 0.5) is 0 Å². The summed E-state index contributed by atoms with van der Waals surface area (Å²) in [6, 6.07) is 4.10. The van der Waals surface area contributed by atoms with Gasteiger partial charge in [0.25, 0.3) is 0 Å². The van der Waals surface area contributed by atoms with Crippen molar-refractivity contribution in [1.82, 2.24) is 15.6 Å². The Morgan fingerprint density at radius 3 is 2.46 bits per heavy atom. The molecule has 0 saturated carbocycles. The number of nitrogens with one attached hydrogen (secondary N) is 2. The molecule has 0 aliphatic rings. The fraction of sp³-hybridized carbons (Fsp3) is 0.550. The second-order valence-electron chi connectivity index (χ2n) is 7.80. The van der Waals surface area contributed by atoms with E-state index in [2.05, 4.69) is 76.4 Å². The Morgan fingerprint density at radius 1 is 1.21 bits per heavy atom. The molecule has 0 spiro atoms. The minimum atomic E-state index is -0.269. The predicted molar refractivity (Wildman–Crippen MR) is 107 cm³/mol. The summed E-state index contributed by atoms with van der Waals surface area (Å²) in [6.07, 6.45) is 2.77. The monoisotopic (exact) mass is 347 g/mol. The zero-order chi connectivity index (χ0) is 18.4. The number of pyridine rings is 1. The van der Waals surface area contributed by atoms with E-state index >= 15 is 0 Å². The van der Waals surface area contributed by atoms with Gasteiger partial charge in [0.2, 0.25) is 0 Å². The molecule has 0 bridgehead atoms. The van der Waals surface area contributed by atoms with Crippen LogP contribution in [-0.4, -0.2) is 16.3 Å². The molecule has 0 radical (unpaired) electrons. The summed E-state index contributed by atoms with van der Waals surface area (Å²) in [6.45, 7) is 22.1. The van der Waals surface area contributed by atoms with Gasteiger partial charge in [0.1, 0.15) is 0 Å². The minimum Gasteiger partial charge on any atom is -0.381 e. The molecule has 1 heterocycles. The first-order valence-electron chi connectivity index (χ1n) is 8.51. The maximum atomic E-state index is 4.50. The fourth-order valence-corrected chi connectivity index (χ4v) is 3.23. The van der Waals surface area contributed by atoms with Gasteiger partial charge >= 0.3 is 0 Å². The fourth-order valence-electron chi connectivity index (χ4n) is 2.46. The molecular formula is C20H33N3S. The Bertz CT molecular complexity index is 570. The van der Waals surface area contributed by atoms with Gasteiger partial charge in [0.15, 0.2) is 0 Å². The summed E-state index contributed by atoms with van der Waals surface area (Å²) >= 11 is 1.82. The Morgan fingerprint density at radius 2 is 1.88 bits per heavy atom. The van der Waals surface area contributed by atoms with Crippen LogP contribution >= 0.6 is 11.8 Å². The van der Waals surface area contributed by atoms with Crippen molar-refractivity contribution in [2.75, 3.05) is 5.75 Å². The molecule has 1 aromatic heterocycles. The van der Waals surface area contributed by atoms with Crippen LogP contribution in [0.3, 0.4) is 0 Å². The van der Waals surface area contributed by atoms with Crippen molar-refractivity contribution >= 4 is 11.8 Å². The average molecular weight is 348 g/mol. The second-order valence-corrected chi connectivity index (χ2v) is 9.11. The van der Waals surface area contributed by atoms with Crippen molar-refractivity contribution < 1.29 is 0 Å². The van der Waals surface area contributed by atoms with Gasteiger partial charge < -0.3 is 10.6 Å². The lowest BCUT2D eigenvalue weighted by molar-refractivity contribution is 0.373. The van der Waals surface area contributed by atoms with E-state index in [1.807, 2.05) is 24.0 Å². The minimum absolute atomic E-state index is 0.217. The number of allylic oxidation sites excluding steroid dienone is 1. The zero-order valence-electron chi connectivity index (χ0n) is 16.1. The number of hydrogen-bond donors (Lipinski definition) is 2. The molecule has 0 unspecified atom stereocenters. The van der Waals surface area contributed by atoms with Crippen molar-refractivity contribution in [3.8, 4) is 0 Å². The van der Waals surface area contributed by atoms with Crippen molar-refractivity contribution in [2.24, 2.45) is 5.41 Å². The molecule has 0 atom stereocenters. The van der Waals surface area contributed by atoms with E-state index in [0.717, 1.165) is 29.3 Å². The molecule has 0 aromatic carbocycles. The largest absolute Gasteiger partial charge is 0.381 e. The molecule has 3 nitrogen and oxygen atoms in total. The molecule has 0 fully saturated rings. The van der Waals surface area contributed by atoms with Crippen LogP contribution in [0.25, 0.3) is 0 Å². The Kier molecular flexibility index (Phi) is 7.40. The van der Waals surface area contributed by atoms with Gasteiger partial charge in [-0.05, 0) is 43.6 Å². The number of aromatic nitrogens is 1. The number of nitrogens with zero attached hydrogens (tertiary/aromatic N) is 1. The van der Waals surface area contributed by atoms with Gasteiger partial charge in [-0.1, -0.05) is 40.9 Å². The smallest absolute Gasteiger partial charge is 0.0730 e. The molecule has 0 amide bonds. The van der Waals surface area contributed by atoms with Crippen molar-refractivity contribution in [3.05, 3.63) is 48.6 Å². The SMILES string of the molecule is C=C(CC(C)(C)C)NC(C)(C)C(=C)NCc1ncccc1SCC. The summed E-state index contributed by atoms with van der Waals surface area (Å²) in [5.41, 5.74) is 2.99. The van der Waals surface area contributed by atoms with Gasteiger partial charge in [0.05, 0.1) is 17.8 Å². The highest BCUT2D eigenvalue weighted by molar-refractivity contribution is 7.99. The van der Waals surface area contributed by atoms with Gasteiger partial charge in [-0.15, -0.1) is 11.8 Å². The van der Waals surface area contributed by atoms with Gasteiger partial charge in [-0.3, -0.25) is 4.98 Å². The van der Waals surface area contributed by atoms with Crippen LogP contribution in [0.2, 0.25) is 0 Å². The Hall–Kier alpha value is -1.42. The topological polar surface area (TPSA) is 37.0 Å². The highest BCUT2D eigenvalue weighted by atomic mass is 32.2. The summed E-state index contributed by atoms with van der Waals surface area (Å²) in [5.74, 6) is 1.04. The number of hydrogen-bond acceptors (Lipinski definition) is 4. The number of thioether (sulfide) groups is 1. The van der Waals surface area contributed by atoms with Crippen LogP contribution < -0.4 is 10.6 Å². The Balaban J connectivity index is 2.65. The van der Waals surface area contributed by atoms with E-state index < -0.39 is 0 Å². The van der Waals surface area contributed by atoms with E-state index in [4.69, 9.17) is 0 Å². The predicted octanol–water partition coefficient (Wildman–Crippen LogP) is 5.12. The summed E-state index contributed by atoms with van der Waals surface area (Å²) < 4.78 is 0. The van der Waals surface area contributed by atoms with Crippen molar-refractivity contribution in [1.29, 1.82) is 0 Å². The van der Waals surface area contributed by atoms with Gasteiger partial charge in [0, 0.05) is 22.5 Å². The van der Waals surface area contributed by atoms with E-state index in [-0.39, 0.29) is 11.0 Å². The second kappa shape index (κ2) is 8.61. The zero-order valence-corrected chi connectivity index (χ0v) is 16.9. The summed E-state index contributed by atoms with van der Waals surface area (Å²) in [5, 5.41) is 6.94. The summed E-state index contributed by atoms with van der Waals surface area (Å²) in [4.78, 5) is 5.72. The molecule has 4 heteroatoms. The molecule has 24 heavy (non-hydrogen) atoms. The highest BCUT2D eigenvalue weighted by Crippen LogP contribution is 2.25. The molecule has 1 rings (SSSR count). The normalized spacial score (nSPS) is 11.9. The lowest BCUT2D eigenvalue weighted by atomic mass is 9.89. The van der Waals surface area contributed by atoms with Crippen molar-refractivity contribution in [3.63, 3.8) is 0 Å². The van der Waals surface area contributed by atoms with E-state index in [1.165, 1.54) is 4.90 Å². The molecule has 0 aliphatic carbocycles. The number of rotatable bonds is 9. The summed E-state index contributed by atoms with van der Waals surface area (Å²) in [7, 11) is 0. The Labute approximate surface area is 152 Å². The highest BCUT2D eigenvalue weighted by Gasteiger charge is 2.23. The average Bonchev–Trinajstić information content (AvgIpc) is 2.43.